The number of benzene rings is 1. The Balaban J connectivity index is 1.50. The number of carbonyl (C=O) groups is 4. The molecule has 1 saturated heterocycles. The molecule has 1 aliphatic heterocycles. The highest BCUT2D eigenvalue weighted by molar-refractivity contribution is 6.01. The molecule has 2 heterocycles. The summed E-state index contributed by atoms with van der Waals surface area (Å²) in [4.78, 5) is 49.6. The number of hydrogen-bond donors (Lipinski definition) is 2. The maximum absolute atomic E-state index is 12.4. The van der Waals surface area contributed by atoms with Gasteiger partial charge in [-0.2, -0.15) is 0 Å². The van der Waals surface area contributed by atoms with Crippen molar-refractivity contribution in [3.05, 3.63) is 47.9 Å². The first-order chi connectivity index (χ1) is 14.4. The van der Waals surface area contributed by atoms with E-state index in [1.54, 1.807) is 12.1 Å². The second kappa shape index (κ2) is 9.12. The molecule has 2 N–H and O–H groups in total. The zero-order valence-electron chi connectivity index (χ0n) is 16.5. The van der Waals surface area contributed by atoms with Gasteiger partial charge in [-0.1, -0.05) is 6.07 Å². The van der Waals surface area contributed by atoms with Gasteiger partial charge in [0.25, 0.3) is 5.91 Å². The average molecular weight is 415 g/mol. The molecule has 0 bridgehead atoms. The number of rotatable bonds is 6. The van der Waals surface area contributed by atoms with Crippen LogP contribution in [0.1, 0.15) is 22.5 Å². The predicted octanol–water partition coefficient (Wildman–Crippen LogP) is 0.954. The first-order valence-corrected chi connectivity index (χ1v) is 9.13. The van der Waals surface area contributed by atoms with Crippen molar-refractivity contribution < 1.29 is 33.1 Å². The number of methoxy groups -OCH3 is 1. The Morgan fingerprint density at radius 3 is 2.73 bits per heavy atom. The standard InChI is InChI=1S/C20H21N3O7/c1-12-5-6-15(28-2)14(8-12)23-10-13(9-18(23)25)20(27)30-11-17(24)21-22-19(26)16-4-3-7-29-16/h3-8,13H,9-11H2,1-2H3,(H,21,24)(H,22,26)/t13-/m0/s1. The van der Waals surface area contributed by atoms with E-state index >= 15 is 0 Å². The summed E-state index contributed by atoms with van der Waals surface area (Å²) in [5.41, 5.74) is 5.77. The smallest absolute Gasteiger partial charge is 0.311 e. The number of hydrogen-bond acceptors (Lipinski definition) is 7. The Bertz CT molecular complexity index is 955. The Morgan fingerprint density at radius 2 is 2.03 bits per heavy atom. The lowest BCUT2D eigenvalue weighted by Gasteiger charge is -2.20. The third-order valence-electron chi connectivity index (χ3n) is 4.49. The summed E-state index contributed by atoms with van der Waals surface area (Å²) in [5, 5.41) is 0. The van der Waals surface area contributed by atoms with Gasteiger partial charge < -0.3 is 18.8 Å². The molecule has 10 nitrogen and oxygen atoms in total. The predicted molar refractivity (Wildman–Crippen MR) is 103 cm³/mol. The second-order valence-electron chi connectivity index (χ2n) is 6.67. The molecule has 0 saturated carbocycles. The number of esters is 1. The fourth-order valence-corrected chi connectivity index (χ4v) is 3.00. The van der Waals surface area contributed by atoms with E-state index in [9.17, 15) is 19.2 Å². The van der Waals surface area contributed by atoms with Gasteiger partial charge in [0.15, 0.2) is 12.4 Å². The second-order valence-corrected chi connectivity index (χ2v) is 6.67. The van der Waals surface area contributed by atoms with Gasteiger partial charge in [-0.25, -0.2) is 0 Å². The van der Waals surface area contributed by atoms with Gasteiger partial charge in [0.2, 0.25) is 5.91 Å². The highest BCUT2D eigenvalue weighted by atomic mass is 16.5. The number of hydrazine groups is 1. The van der Waals surface area contributed by atoms with E-state index < -0.39 is 30.3 Å². The number of nitrogens with one attached hydrogen (secondary N) is 2. The van der Waals surface area contributed by atoms with Gasteiger partial charge in [0.1, 0.15) is 5.75 Å². The molecule has 1 aliphatic rings. The summed E-state index contributed by atoms with van der Waals surface area (Å²) in [6.45, 7) is 1.41. The molecule has 1 fully saturated rings. The Kier molecular flexibility index (Phi) is 6.35. The van der Waals surface area contributed by atoms with Crippen LogP contribution in [0.2, 0.25) is 0 Å². The first-order valence-electron chi connectivity index (χ1n) is 9.13. The molecule has 1 aromatic carbocycles. The van der Waals surface area contributed by atoms with Crippen LogP contribution in [0.4, 0.5) is 5.69 Å². The molecular formula is C20H21N3O7. The van der Waals surface area contributed by atoms with Gasteiger partial charge in [-0.05, 0) is 36.8 Å². The van der Waals surface area contributed by atoms with E-state index in [0.29, 0.717) is 11.4 Å². The quantitative estimate of drug-likeness (QED) is 0.531. The number of anilines is 1. The molecule has 0 unspecified atom stereocenters. The summed E-state index contributed by atoms with van der Waals surface area (Å²) >= 11 is 0. The number of furan rings is 1. The minimum Gasteiger partial charge on any atom is -0.495 e. The van der Waals surface area contributed by atoms with Crippen molar-refractivity contribution in [2.45, 2.75) is 13.3 Å². The van der Waals surface area contributed by atoms with Crippen molar-refractivity contribution in [3.63, 3.8) is 0 Å². The van der Waals surface area contributed by atoms with Crippen LogP contribution in [0.25, 0.3) is 0 Å². The Labute approximate surface area is 172 Å². The van der Waals surface area contributed by atoms with E-state index in [0.717, 1.165) is 5.56 Å². The molecule has 158 valence electrons. The molecule has 3 amide bonds. The third-order valence-corrected chi connectivity index (χ3v) is 4.49. The zero-order valence-corrected chi connectivity index (χ0v) is 16.5. The van der Waals surface area contributed by atoms with E-state index in [2.05, 4.69) is 10.9 Å². The van der Waals surface area contributed by atoms with Crippen LogP contribution in [-0.2, 0) is 19.1 Å². The lowest BCUT2D eigenvalue weighted by Crippen LogP contribution is -2.43. The number of aryl methyl sites for hydroxylation is 1. The summed E-state index contributed by atoms with van der Waals surface area (Å²) < 4.78 is 15.2. The normalized spacial score (nSPS) is 15.6. The molecule has 30 heavy (non-hydrogen) atoms. The maximum Gasteiger partial charge on any atom is 0.311 e. The zero-order chi connectivity index (χ0) is 21.7. The van der Waals surface area contributed by atoms with E-state index in [1.165, 1.54) is 30.4 Å². The lowest BCUT2D eigenvalue weighted by molar-refractivity contribution is -0.152. The van der Waals surface area contributed by atoms with Crippen LogP contribution in [-0.4, -0.2) is 44.0 Å². The van der Waals surface area contributed by atoms with E-state index in [4.69, 9.17) is 13.9 Å². The number of nitrogens with zero attached hydrogens (tertiary/aromatic N) is 1. The van der Waals surface area contributed by atoms with E-state index in [-0.39, 0.29) is 24.6 Å². The number of amides is 3. The fourth-order valence-electron chi connectivity index (χ4n) is 3.00. The van der Waals surface area contributed by atoms with Crippen LogP contribution in [0.3, 0.4) is 0 Å². The van der Waals surface area contributed by atoms with E-state index in [1.807, 2.05) is 13.0 Å². The number of carbonyl (C=O) groups excluding carboxylic acids is 4. The van der Waals surface area contributed by atoms with Gasteiger partial charge in [-0.3, -0.25) is 30.0 Å². The van der Waals surface area contributed by atoms with Crippen molar-refractivity contribution >= 4 is 29.4 Å². The lowest BCUT2D eigenvalue weighted by atomic mass is 10.1. The molecular weight excluding hydrogens is 394 g/mol. The summed E-state index contributed by atoms with van der Waals surface area (Å²) in [6, 6.07) is 8.37. The van der Waals surface area contributed by atoms with Crippen molar-refractivity contribution in [1.29, 1.82) is 0 Å². The SMILES string of the molecule is COc1ccc(C)cc1N1C[C@@H](C(=O)OCC(=O)NNC(=O)c2ccco2)CC1=O. The molecule has 10 heteroatoms. The topological polar surface area (TPSA) is 127 Å². The maximum atomic E-state index is 12.4. The molecule has 1 aromatic heterocycles. The first kappa shape index (κ1) is 20.9. The van der Waals surface area contributed by atoms with Crippen LogP contribution < -0.4 is 20.5 Å². The van der Waals surface area contributed by atoms with Gasteiger partial charge in [0.05, 0.1) is 25.0 Å². The molecule has 3 rings (SSSR count). The molecule has 0 aliphatic carbocycles. The molecule has 2 aromatic rings. The van der Waals surface area contributed by atoms with Gasteiger partial charge in [0, 0.05) is 13.0 Å². The molecule has 1 atom stereocenters. The van der Waals surface area contributed by atoms with Crippen LogP contribution in [0.5, 0.6) is 5.75 Å². The van der Waals surface area contributed by atoms with Crippen LogP contribution >= 0.6 is 0 Å². The summed E-state index contributed by atoms with van der Waals surface area (Å²) in [7, 11) is 1.50. The average Bonchev–Trinajstić information content (AvgIpc) is 3.40. The largest absolute Gasteiger partial charge is 0.495 e. The van der Waals surface area contributed by atoms with Crippen LogP contribution in [0.15, 0.2) is 41.0 Å². The van der Waals surface area contributed by atoms with Gasteiger partial charge >= 0.3 is 11.9 Å². The highest BCUT2D eigenvalue weighted by Gasteiger charge is 2.37. The third kappa shape index (κ3) is 4.77. The van der Waals surface area contributed by atoms with Crippen molar-refractivity contribution in [3.8, 4) is 5.75 Å². The van der Waals surface area contributed by atoms with Crippen LogP contribution in [0, 0.1) is 12.8 Å². The van der Waals surface area contributed by atoms with Gasteiger partial charge in [-0.15, -0.1) is 0 Å². The minimum absolute atomic E-state index is 0.0171. The molecule has 0 radical (unpaired) electrons. The van der Waals surface area contributed by atoms with Crippen molar-refractivity contribution in [2.75, 3.05) is 25.2 Å². The Morgan fingerprint density at radius 1 is 1.23 bits per heavy atom. The summed E-state index contributed by atoms with van der Waals surface area (Å²) in [5.74, 6) is -2.47. The molecule has 0 spiro atoms. The monoisotopic (exact) mass is 415 g/mol. The minimum atomic E-state index is -0.732. The summed E-state index contributed by atoms with van der Waals surface area (Å²) in [6.07, 6.45) is 1.28. The number of ether oxygens (including phenoxy) is 2. The van der Waals surface area contributed by atoms with Crippen molar-refractivity contribution in [1.82, 2.24) is 10.9 Å². The van der Waals surface area contributed by atoms with Crippen molar-refractivity contribution in [2.24, 2.45) is 5.92 Å². The highest BCUT2D eigenvalue weighted by Crippen LogP contribution is 2.34. The Hall–Kier alpha value is -3.82. The fraction of sp³-hybridized carbons (Fsp3) is 0.300.